The Bertz CT molecular complexity index is 767. The van der Waals surface area contributed by atoms with Gasteiger partial charge in [0.25, 0.3) is 0 Å². The van der Waals surface area contributed by atoms with E-state index in [-0.39, 0.29) is 17.3 Å². The molecule has 2 aromatic rings. The van der Waals surface area contributed by atoms with Crippen molar-refractivity contribution >= 4 is 21.6 Å². The van der Waals surface area contributed by atoms with Crippen LogP contribution in [0.3, 0.4) is 0 Å². The number of benzene rings is 1. The van der Waals surface area contributed by atoms with Gasteiger partial charge >= 0.3 is 0 Å². The smallest absolute Gasteiger partial charge is 0.240 e. The molecule has 7 heteroatoms. The first-order chi connectivity index (χ1) is 11.1. The van der Waals surface area contributed by atoms with Crippen LogP contribution in [0.2, 0.25) is 0 Å². The van der Waals surface area contributed by atoms with E-state index in [1.54, 1.807) is 29.4 Å². The first-order valence-corrected chi connectivity index (χ1v) is 9.06. The highest BCUT2D eigenvalue weighted by molar-refractivity contribution is 7.89. The summed E-state index contributed by atoms with van der Waals surface area (Å²) in [5.41, 5.74) is 1.61. The molecule has 0 radical (unpaired) electrons. The number of rotatable bonds is 5. The van der Waals surface area contributed by atoms with Gasteiger partial charge in [-0.3, -0.25) is 4.79 Å². The molecule has 1 amide bonds. The summed E-state index contributed by atoms with van der Waals surface area (Å²) in [6.45, 7) is 0.925. The van der Waals surface area contributed by atoms with Crippen molar-refractivity contribution in [2.24, 2.45) is 0 Å². The molecule has 2 N–H and O–H groups in total. The van der Waals surface area contributed by atoms with Crippen molar-refractivity contribution in [1.29, 1.82) is 0 Å². The lowest BCUT2D eigenvalue weighted by atomic mass is 10.1. The highest BCUT2D eigenvalue weighted by atomic mass is 32.2. The van der Waals surface area contributed by atoms with E-state index in [1.165, 1.54) is 12.1 Å². The zero-order valence-electron chi connectivity index (χ0n) is 12.7. The minimum Gasteiger partial charge on any atom is -0.367 e. The molecular weight excluding hydrogens is 314 g/mol. The number of aromatic amines is 1. The van der Waals surface area contributed by atoms with Crippen molar-refractivity contribution in [3.8, 4) is 0 Å². The summed E-state index contributed by atoms with van der Waals surface area (Å²) in [4.78, 5) is 16.7. The molecule has 2 heterocycles. The molecule has 0 unspecified atom stereocenters. The molecular formula is C16H19N3O3S. The molecule has 0 aliphatic carbocycles. The van der Waals surface area contributed by atoms with Gasteiger partial charge in [-0.1, -0.05) is 0 Å². The van der Waals surface area contributed by atoms with Gasteiger partial charge in [0.2, 0.25) is 15.9 Å². The Balaban J connectivity index is 1.71. The lowest BCUT2D eigenvalue weighted by Gasteiger charge is -2.26. The molecule has 0 atom stereocenters. The number of amides is 1. The van der Waals surface area contributed by atoms with Crippen LogP contribution >= 0.6 is 0 Å². The molecule has 3 rings (SSSR count). The fraction of sp³-hybridized carbons (Fsp3) is 0.312. The second-order valence-corrected chi connectivity index (χ2v) is 7.31. The monoisotopic (exact) mass is 333 g/mol. The molecule has 1 aromatic carbocycles. The van der Waals surface area contributed by atoms with E-state index in [0.717, 1.165) is 24.1 Å². The van der Waals surface area contributed by atoms with Crippen LogP contribution in [0, 0.1) is 0 Å². The molecule has 1 aromatic heterocycles. The van der Waals surface area contributed by atoms with Crippen LogP contribution in [-0.4, -0.2) is 25.9 Å². The van der Waals surface area contributed by atoms with Crippen molar-refractivity contribution in [1.82, 2.24) is 9.71 Å². The third kappa shape index (κ3) is 3.62. The van der Waals surface area contributed by atoms with Gasteiger partial charge in [-0.25, -0.2) is 13.1 Å². The van der Waals surface area contributed by atoms with Crippen LogP contribution < -0.4 is 9.62 Å². The fourth-order valence-corrected chi connectivity index (χ4v) is 3.63. The number of piperidine rings is 1. The normalized spacial score (nSPS) is 15.8. The molecule has 1 aliphatic heterocycles. The molecule has 6 nitrogen and oxygen atoms in total. The van der Waals surface area contributed by atoms with Crippen molar-refractivity contribution in [3.63, 3.8) is 0 Å². The number of nitrogens with one attached hydrogen (secondary N) is 2. The van der Waals surface area contributed by atoms with E-state index < -0.39 is 10.0 Å². The number of hydrogen-bond acceptors (Lipinski definition) is 3. The summed E-state index contributed by atoms with van der Waals surface area (Å²) in [6.07, 6.45) is 5.94. The number of aromatic nitrogens is 1. The van der Waals surface area contributed by atoms with Gasteiger partial charge in [0.1, 0.15) is 0 Å². The van der Waals surface area contributed by atoms with Crippen LogP contribution in [0.15, 0.2) is 47.6 Å². The number of sulfonamides is 1. The van der Waals surface area contributed by atoms with E-state index in [0.29, 0.717) is 13.0 Å². The van der Waals surface area contributed by atoms with Crippen LogP contribution in [0.1, 0.15) is 24.8 Å². The van der Waals surface area contributed by atoms with Crippen LogP contribution in [-0.2, 0) is 21.4 Å². The van der Waals surface area contributed by atoms with Crippen molar-refractivity contribution in [2.45, 2.75) is 30.7 Å². The minimum absolute atomic E-state index is 0.0949. The predicted octanol–water partition coefficient (Wildman–Crippen LogP) is 2.01. The van der Waals surface area contributed by atoms with Crippen LogP contribution in [0.25, 0.3) is 0 Å². The Morgan fingerprint density at radius 2 is 1.91 bits per heavy atom. The quantitative estimate of drug-likeness (QED) is 0.878. The number of carbonyl (C=O) groups excluding carboxylic acids is 1. The second-order valence-electron chi connectivity index (χ2n) is 5.54. The van der Waals surface area contributed by atoms with Gasteiger partial charge in [-0.05, 0) is 48.7 Å². The maximum absolute atomic E-state index is 12.3. The molecule has 1 aliphatic rings. The zero-order chi connectivity index (χ0) is 16.3. The highest BCUT2D eigenvalue weighted by Crippen LogP contribution is 2.22. The molecule has 0 bridgehead atoms. The van der Waals surface area contributed by atoms with E-state index in [1.807, 2.05) is 6.07 Å². The van der Waals surface area contributed by atoms with Crippen LogP contribution in [0.4, 0.5) is 5.69 Å². The Morgan fingerprint density at radius 1 is 1.13 bits per heavy atom. The Kier molecular flexibility index (Phi) is 4.49. The Hall–Kier alpha value is -2.12. The standard InChI is InChI=1S/C16H19N3O3S/c20-16-3-1-2-10-19(16)14-4-6-15(7-5-14)23(21,22)18-12-13-8-9-17-11-13/h4-9,11,17-18H,1-3,10,12H2. The summed E-state index contributed by atoms with van der Waals surface area (Å²) in [7, 11) is -3.56. The van der Waals surface area contributed by atoms with Gasteiger partial charge in [-0.15, -0.1) is 0 Å². The maximum atomic E-state index is 12.3. The average molecular weight is 333 g/mol. The van der Waals surface area contributed by atoms with Gasteiger partial charge in [0.05, 0.1) is 4.90 Å². The number of hydrogen-bond donors (Lipinski definition) is 2. The third-order valence-corrected chi connectivity index (χ3v) is 5.33. The first kappa shape index (κ1) is 15.8. The van der Waals surface area contributed by atoms with Crippen molar-refractivity contribution in [2.75, 3.05) is 11.4 Å². The number of nitrogens with zero attached hydrogens (tertiary/aromatic N) is 1. The maximum Gasteiger partial charge on any atom is 0.240 e. The minimum atomic E-state index is -3.56. The Labute approximate surface area is 135 Å². The predicted molar refractivity (Wildman–Crippen MR) is 87.5 cm³/mol. The van der Waals surface area contributed by atoms with Crippen molar-refractivity contribution in [3.05, 3.63) is 48.3 Å². The second kappa shape index (κ2) is 6.55. The summed E-state index contributed by atoms with van der Waals surface area (Å²) < 4.78 is 27.1. The zero-order valence-corrected chi connectivity index (χ0v) is 13.5. The summed E-state index contributed by atoms with van der Waals surface area (Å²) in [5, 5.41) is 0. The number of anilines is 1. The molecule has 122 valence electrons. The van der Waals surface area contributed by atoms with E-state index >= 15 is 0 Å². The lowest BCUT2D eigenvalue weighted by Crippen LogP contribution is -2.35. The molecule has 0 saturated carbocycles. The summed E-state index contributed by atoms with van der Waals surface area (Å²) in [6, 6.07) is 8.27. The fourth-order valence-electron chi connectivity index (χ4n) is 2.61. The molecule has 1 saturated heterocycles. The van der Waals surface area contributed by atoms with Crippen molar-refractivity contribution < 1.29 is 13.2 Å². The van der Waals surface area contributed by atoms with Gasteiger partial charge in [-0.2, -0.15) is 0 Å². The van der Waals surface area contributed by atoms with Gasteiger partial charge in [0, 0.05) is 37.6 Å². The average Bonchev–Trinajstić information content (AvgIpc) is 3.07. The highest BCUT2D eigenvalue weighted by Gasteiger charge is 2.20. The topological polar surface area (TPSA) is 82.3 Å². The number of H-pyrrole nitrogens is 1. The van der Waals surface area contributed by atoms with E-state index in [2.05, 4.69) is 9.71 Å². The van der Waals surface area contributed by atoms with E-state index in [9.17, 15) is 13.2 Å². The molecule has 0 spiro atoms. The first-order valence-electron chi connectivity index (χ1n) is 7.58. The van der Waals surface area contributed by atoms with E-state index in [4.69, 9.17) is 0 Å². The SMILES string of the molecule is O=C1CCCCN1c1ccc(S(=O)(=O)NCc2cc[nH]c2)cc1. The number of carbonyl (C=O) groups is 1. The summed E-state index contributed by atoms with van der Waals surface area (Å²) >= 11 is 0. The third-order valence-electron chi connectivity index (χ3n) is 3.91. The molecule has 1 fully saturated rings. The van der Waals surface area contributed by atoms with Gasteiger partial charge in [0.15, 0.2) is 0 Å². The van der Waals surface area contributed by atoms with Gasteiger partial charge < -0.3 is 9.88 Å². The summed E-state index contributed by atoms with van der Waals surface area (Å²) in [5.74, 6) is 0.0949. The van der Waals surface area contributed by atoms with Crippen LogP contribution in [0.5, 0.6) is 0 Å². The molecule has 23 heavy (non-hydrogen) atoms. The Morgan fingerprint density at radius 3 is 2.57 bits per heavy atom. The largest absolute Gasteiger partial charge is 0.367 e. The lowest BCUT2D eigenvalue weighted by molar-refractivity contribution is -0.119.